The molecule has 1 aromatic rings. The van der Waals surface area contributed by atoms with Crippen LogP contribution in [0.5, 0.6) is 0 Å². The fourth-order valence-corrected chi connectivity index (χ4v) is 2.69. The Balaban J connectivity index is 2.00. The van der Waals surface area contributed by atoms with Crippen LogP contribution in [0, 0.1) is 5.92 Å². The van der Waals surface area contributed by atoms with E-state index in [1.54, 1.807) is 6.07 Å². The zero-order valence-electron chi connectivity index (χ0n) is 9.70. The molecule has 0 saturated carbocycles. The smallest absolute Gasteiger partial charge is 0.135 e. The highest BCUT2D eigenvalue weighted by Crippen LogP contribution is 2.22. The monoisotopic (exact) mass is 273 g/mol. The highest BCUT2D eigenvalue weighted by Gasteiger charge is 2.19. The van der Waals surface area contributed by atoms with E-state index in [0.29, 0.717) is 16.2 Å². The zero-order chi connectivity index (χ0) is 12.3. The fraction of sp³-hybridized carbons (Fsp3) is 0.583. The van der Waals surface area contributed by atoms with Gasteiger partial charge in [0.05, 0.1) is 0 Å². The first kappa shape index (κ1) is 13.1. The number of piperidine rings is 1. The molecule has 1 aliphatic heterocycles. The first-order chi connectivity index (χ1) is 8.19. The van der Waals surface area contributed by atoms with Gasteiger partial charge >= 0.3 is 0 Å². The van der Waals surface area contributed by atoms with Gasteiger partial charge in [-0.2, -0.15) is 0 Å². The third kappa shape index (κ3) is 3.55. The minimum Gasteiger partial charge on any atom is -0.330 e. The molecule has 1 unspecified atom stereocenters. The summed E-state index contributed by atoms with van der Waals surface area (Å²) in [6, 6.07) is 3.73. The van der Waals surface area contributed by atoms with Gasteiger partial charge in [0.1, 0.15) is 10.3 Å². The molecule has 1 atom stereocenters. The van der Waals surface area contributed by atoms with Crippen molar-refractivity contribution in [2.75, 3.05) is 19.6 Å². The summed E-state index contributed by atoms with van der Waals surface area (Å²) in [5, 5.41) is 0.949. The molecule has 1 fully saturated rings. The lowest BCUT2D eigenvalue weighted by atomic mass is 9.98. The number of rotatable bonds is 3. The van der Waals surface area contributed by atoms with E-state index < -0.39 is 0 Å². The molecule has 0 spiro atoms. The average molecular weight is 274 g/mol. The van der Waals surface area contributed by atoms with Crippen molar-refractivity contribution >= 4 is 23.2 Å². The number of hydrogen-bond donors (Lipinski definition) is 1. The van der Waals surface area contributed by atoms with Gasteiger partial charge in [0.25, 0.3) is 0 Å². The SMILES string of the molecule is NCC1CCCN(Cc2ccc(Cl)nc2Cl)C1. The Labute approximate surface area is 112 Å². The lowest BCUT2D eigenvalue weighted by molar-refractivity contribution is 0.171. The third-order valence-corrected chi connectivity index (χ3v) is 3.76. The predicted molar refractivity (Wildman–Crippen MR) is 71.3 cm³/mol. The van der Waals surface area contributed by atoms with E-state index in [4.69, 9.17) is 28.9 Å². The lowest BCUT2D eigenvalue weighted by Gasteiger charge is -2.32. The van der Waals surface area contributed by atoms with E-state index >= 15 is 0 Å². The lowest BCUT2D eigenvalue weighted by Crippen LogP contribution is -2.37. The molecule has 1 saturated heterocycles. The topological polar surface area (TPSA) is 42.1 Å². The van der Waals surface area contributed by atoms with Gasteiger partial charge in [-0.3, -0.25) is 4.90 Å². The van der Waals surface area contributed by atoms with Crippen LogP contribution in [-0.2, 0) is 6.54 Å². The van der Waals surface area contributed by atoms with Crippen molar-refractivity contribution in [2.45, 2.75) is 19.4 Å². The Kier molecular flexibility index (Phi) is 4.62. The summed E-state index contributed by atoms with van der Waals surface area (Å²) in [5.74, 6) is 0.614. The van der Waals surface area contributed by atoms with Gasteiger partial charge < -0.3 is 5.73 Å². The molecule has 1 aliphatic rings. The van der Waals surface area contributed by atoms with Gasteiger partial charge in [-0.15, -0.1) is 0 Å². The number of nitrogens with zero attached hydrogens (tertiary/aromatic N) is 2. The average Bonchev–Trinajstić information content (AvgIpc) is 2.33. The molecule has 0 radical (unpaired) electrons. The molecule has 3 nitrogen and oxygen atoms in total. The van der Waals surface area contributed by atoms with Crippen LogP contribution < -0.4 is 5.73 Å². The normalized spacial score (nSPS) is 21.7. The Hall–Kier alpha value is -0.350. The number of pyridine rings is 1. The molecular formula is C12H17Cl2N3. The molecule has 94 valence electrons. The summed E-state index contributed by atoms with van der Waals surface area (Å²) in [7, 11) is 0. The van der Waals surface area contributed by atoms with Crippen molar-refractivity contribution < 1.29 is 0 Å². The van der Waals surface area contributed by atoms with E-state index in [2.05, 4.69) is 9.88 Å². The predicted octanol–water partition coefficient (Wildman–Crippen LogP) is 2.56. The molecule has 17 heavy (non-hydrogen) atoms. The fourth-order valence-electron chi connectivity index (χ4n) is 2.29. The molecule has 2 N–H and O–H groups in total. The van der Waals surface area contributed by atoms with Crippen molar-refractivity contribution in [1.29, 1.82) is 0 Å². The van der Waals surface area contributed by atoms with E-state index in [1.165, 1.54) is 12.8 Å². The molecule has 1 aromatic heterocycles. The maximum Gasteiger partial charge on any atom is 0.135 e. The molecule has 0 amide bonds. The van der Waals surface area contributed by atoms with Crippen LogP contribution in [0.1, 0.15) is 18.4 Å². The number of hydrogen-bond acceptors (Lipinski definition) is 3. The Bertz CT molecular complexity index is 384. The molecular weight excluding hydrogens is 257 g/mol. The van der Waals surface area contributed by atoms with Crippen molar-refractivity contribution in [1.82, 2.24) is 9.88 Å². The van der Waals surface area contributed by atoms with E-state index in [1.807, 2.05) is 6.07 Å². The van der Waals surface area contributed by atoms with Crippen LogP contribution in [-0.4, -0.2) is 29.5 Å². The molecule has 0 aromatic carbocycles. The first-order valence-electron chi connectivity index (χ1n) is 5.92. The molecule has 2 heterocycles. The minimum absolute atomic E-state index is 0.442. The van der Waals surface area contributed by atoms with E-state index in [9.17, 15) is 0 Å². The molecule has 0 bridgehead atoms. The van der Waals surface area contributed by atoms with E-state index in [-0.39, 0.29) is 0 Å². The second-order valence-corrected chi connectivity index (χ2v) is 5.31. The Morgan fingerprint density at radius 2 is 2.24 bits per heavy atom. The van der Waals surface area contributed by atoms with Crippen molar-refractivity contribution in [3.63, 3.8) is 0 Å². The van der Waals surface area contributed by atoms with Crippen LogP contribution in [0.25, 0.3) is 0 Å². The highest BCUT2D eigenvalue weighted by atomic mass is 35.5. The van der Waals surface area contributed by atoms with Crippen LogP contribution >= 0.6 is 23.2 Å². The summed E-state index contributed by atoms with van der Waals surface area (Å²) in [6.07, 6.45) is 2.44. The largest absolute Gasteiger partial charge is 0.330 e. The van der Waals surface area contributed by atoms with Crippen molar-refractivity contribution in [3.8, 4) is 0 Å². The minimum atomic E-state index is 0.442. The van der Waals surface area contributed by atoms with Gasteiger partial charge in [-0.05, 0) is 37.9 Å². The quantitative estimate of drug-likeness (QED) is 0.861. The Morgan fingerprint density at radius 3 is 2.94 bits per heavy atom. The van der Waals surface area contributed by atoms with Crippen LogP contribution in [0.3, 0.4) is 0 Å². The third-order valence-electron chi connectivity index (χ3n) is 3.22. The Morgan fingerprint density at radius 1 is 1.41 bits per heavy atom. The maximum atomic E-state index is 6.07. The van der Waals surface area contributed by atoms with Gasteiger partial charge in [0.15, 0.2) is 0 Å². The zero-order valence-corrected chi connectivity index (χ0v) is 11.2. The van der Waals surface area contributed by atoms with Gasteiger partial charge in [0.2, 0.25) is 0 Å². The molecule has 0 aliphatic carbocycles. The standard InChI is InChI=1S/C12H17Cl2N3/c13-11-4-3-10(12(14)16-11)8-17-5-1-2-9(6-15)7-17/h3-4,9H,1-2,5-8,15H2. The highest BCUT2D eigenvalue weighted by molar-refractivity contribution is 6.32. The number of aromatic nitrogens is 1. The van der Waals surface area contributed by atoms with Crippen LogP contribution in [0.4, 0.5) is 0 Å². The maximum absolute atomic E-state index is 6.07. The second-order valence-electron chi connectivity index (χ2n) is 4.56. The van der Waals surface area contributed by atoms with Crippen molar-refractivity contribution in [3.05, 3.63) is 28.0 Å². The number of likely N-dealkylation sites (tertiary alicyclic amines) is 1. The summed E-state index contributed by atoms with van der Waals surface area (Å²) in [5.41, 5.74) is 6.76. The van der Waals surface area contributed by atoms with E-state index in [0.717, 1.165) is 31.7 Å². The van der Waals surface area contributed by atoms with Crippen LogP contribution in [0.2, 0.25) is 10.3 Å². The van der Waals surface area contributed by atoms with Crippen molar-refractivity contribution in [2.24, 2.45) is 11.7 Å². The number of halogens is 2. The van der Waals surface area contributed by atoms with Gasteiger partial charge in [0, 0.05) is 18.7 Å². The van der Waals surface area contributed by atoms with Gasteiger partial charge in [-0.25, -0.2) is 4.98 Å². The number of nitrogens with two attached hydrogens (primary N) is 1. The molecule has 5 heteroatoms. The summed E-state index contributed by atoms with van der Waals surface area (Å²) in [4.78, 5) is 6.44. The van der Waals surface area contributed by atoms with Gasteiger partial charge in [-0.1, -0.05) is 29.3 Å². The molecule has 2 rings (SSSR count). The van der Waals surface area contributed by atoms with Crippen LogP contribution in [0.15, 0.2) is 12.1 Å². The summed E-state index contributed by atoms with van der Waals surface area (Å²) >= 11 is 11.9. The second kappa shape index (κ2) is 6.01. The summed E-state index contributed by atoms with van der Waals surface area (Å²) in [6.45, 7) is 3.76. The summed E-state index contributed by atoms with van der Waals surface area (Å²) < 4.78 is 0. The first-order valence-corrected chi connectivity index (χ1v) is 6.68.